The van der Waals surface area contributed by atoms with Crippen molar-refractivity contribution < 1.29 is 9.90 Å². The minimum atomic E-state index is -0.887. The molecule has 0 aliphatic carbocycles. The average molecular weight is 264 g/mol. The molecular weight excluding hydrogens is 248 g/mol. The van der Waals surface area contributed by atoms with E-state index in [1.165, 1.54) is 11.8 Å². The molecule has 0 saturated carbocycles. The minimum Gasteiger partial charge on any atom is -0.480 e. The van der Waals surface area contributed by atoms with Gasteiger partial charge in [0.25, 0.3) is 0 Å². The molecule has 0 aliphatic rings. The average Bonchev–Trinajstić information content (AvgIpc) is 2.36. The van der Waals surface area contributed by atoms with E-state index in [2.05, 4.69) is 6.07 Å². The third kappa shape index (κ3) is 3.41. The van der Waals surface area contributed by atoms with Crippen LogP contribution >= 0.6 is 11.8 Å². The van der Waals surface area contributed by atoms with Crippen LogP contribution < -0.4 is 4.90 Å². The Hall–Kier alpha value is -1.67. The monoisotopic (exact) mass is 264 g/mol. The Morgan fingerprint density at radius 2 is 2.28 bits per heavy atom. The lowest BCUT2D eigenvalue weighted by Gasteiger charge is -2.24. The van der Waals surface area contributed by atoms with Crippen molar-refractivity contribution in [2.75, 3.05) is 24.2 Å². The molecule has 1 N–H and O–H groups in total. The maximum Gasteiger partial charge on any atom is 0.323 e. The second kappa shape index (κ2) is 6.92. The van der Waals surface area contributed by atoms with Crippen LogP contribution in [0.2, 0.25) is 0 Å². The second-order valence-corrected chi connectivity index (χ2v) is 4.63. The molecule has 5 heteroatoms. The summed E-state index contributed by atoms with van der Waals surface area (Å²) in [5, 5.41) is 18.2. The smallest absolute Gasteiger partial charge is 0.323 e. The van der Waals surface area contributed by atoms with Gasteiger partial charge < -0.3 is 10.0 Å². The van der Waals surface area contributed by atoms with Crippen LogP contribution in [0.1, 0.15) is 18.9 Å². The van der Waals surface area contributed by atoms with Crippen LogP contribution in [-0.2, 0) is 4.79 Å². The Morgan fingerprint density at radius 3 is 2.78 bits per heavy atom. The Balaban J connectivity index is 3.19. The first-order valence-electron chi connectivity index (χ1n) is 5.67. The number of nitriles is 1. The van der Waals surface area contributed by atoms with Gasteiger partial charge in [0.15, 0.2) is 0 Å². The Morgan fingerprint density at radius 1 is 1.56 bits per heavy atom. The number of anilines is 1. The fraction of sp³-hybridized carbons (Fsp3) is 0.385. The van der Waals surface area contributed by atoms with Gasteiger partial charge in [0, 0.05) is 11.4 Å². The molecule has 0 unspecified atom stereocenters. The van der Waals surface area contributed by atoms with Crippen molar-refractivity contribution in [1.29, 1.82) is 5.26 Å². The van der Waals surface area contributed by atoms with E-state index < -0.39 is 5.97 Å². The number of nitrogens with zero attached hydrogens (tertiary/aromatic N) is 2. The van der Waals surface area contributed by atoms with Gasteiger partial charge in [-0.05, 0) is 24.8 Å². The summed E-state index contributed by atoms with van der Waals surface area (Å²) < 4.78 is 0. The van der Waals surface area contributed by atoms with Crippen LogP contribution in [0.15, 0.2) is 23.1 Å². The summed E-state index contributed by atoms with van der Waals surface area (Å²) in [6.07, 6.45) is 2.74. The first-order chi connectivity index (χ1) is 8.63. The zero-order valence-electron chi connectivity index (χ0n) is 10.5. The van der Waals surface area contributed by atoms with E-state index in [1.807, 2.05) is 25.3 Å². The van der Waals surface area contributed by atoms with Crippen molar-refractivity contribution in [3.05, 3.63) is 23.8 Å². The van der Waals surface area contributed by atoms with Crippen LogP contribution in [0.4, 0.5) is 5.69 Å². The molecule has 1 rings (SSSR count). The van der Waals surface area contributed by atoms with Gasteiger partial charge in [0.2, 0.25) is 0 Å². The molecule has 0 radical (unpaired) electrons. The van der Waals surface area contributed by atoms with E-state index in [0.29, 0.717) is 17.8 Å². The molecule has 0 atom stereocenters. The summed E-state index contributed by atoms with van der Waals surface area (Å²) in [7, 11) is 0. The van der Waals surface area contributed by atoms with E-state index in [0.717, 1.165) is 11.3 Å². The van der Waals surface area contributed by atoms with Gasteiger partial charge in [-0.2, -0.15) is 5.26 Å². The van der Waals surface area contributed by atoms with Crippen molar-refractivity contribution in [3.8, 4) is 6.07 Å². The maximum absolute atomic E-state index is 10.9. The molecule has 0 fully saturated rings. The lowest BCUT2D eigenvalue weighted by Crippen LogP contribution is -2.31. The molecule has 0 amide bonds. The fourth-order valence-electron chi connectivity index (χ4n) is 1.78. The summed E-state index contributed by atoms with van der Waals surface area (Å²) in [6, 6.07) is 7.70. The number of aliphatic carboxylic acids is 1. The van der Waals surface area contributed by atoms with E-state index in [1.54, 1.807) is 11.0 Å². The number of carbonyl (C=O) groups is 1. The molecule has 18 heavy (non-hydrogen) atoms. The quantitative estimate of drug-likeness (QED) is 0.800. The molecule has 0 heterocycles. The van der Waals surface area contributed by atoms with Gasteiger partial charge in [0.1, 0.15) is 12.6 Å². The summed E-state index contributed by atoms with van der Waals surface area (Å²) in [4.78, 5) is 13.5. The van der Waals surface area contributed by atoms with E-state index in [4.69, 9.17) is 5.11 Å². The van der Waals surface area contributed by atoms with E-state index in [-0.39, 0.29) is 6.54 Å². The van der Waals surface area contributed by atoms with Crippen LogP contribution in [0.3, 0.4) is 0 Å². The fourth-order valence-corrected chi connectivity index (χ4v) is 2.35. The van der Waals surface area contributed by atoms with Crippen molar-refractivity contribution in [2.45, 2.75) is 18.2 Å². The molecule has 1 aromatic carbocycles. The highest BCUT2D eigenvalue weighted by molar-refractivity contribution is 7.98. The van der Waals surface area contributed by atoms with E-state index >= 15 is 0 Å². The first-order valence-corrected chi connectivity index (χ1v) is 6.90. The summed E-state index contributed by atoms with van der Waals surface area (Å²) in [6.45, 7) is 2.53. The van der Waals surface area contributed by atoms with Gasteiger partial charge in [-0.15, -0.1) is 11.8 Å². The van der Waals surface area contributed by atoms with Crippen molar-refractivity contribution in [1.82, 2.24) is 0 Å². The van der Waals surface area contributed by atoms with Gasteiger partial charge in [-0.3, -0.25) is 4.79 Å². The largest absolute Gasteiger partial charge is 0.480 e. The highest BCUT2D eigenvalue weighted by Crippen LogP contribution is 2.29. The van der Waals surface area contributed by atoms with E-state index in [9.17, 15) is 10.1 Å². The molecule has 0 spiro atoms. The SMILES string of the molecule is CCCN(CC(=O)O)c1cccc(SC)c1C#N. The zero-order chi connectivity index (χ0) is 13.5. The molecular formula is C13H16N2O2S. The van der Waals surface area contributed by atoms with Crippen LogP contribution in [0.5, 0.6) is 0 Å². The summed E-state index contributed by atoms with van der Waals surface area (Å²) >= 11 is 1.49. The van der Waals surface area contributed by atoms with Gasteiger partial charge in [0.05, 0.1) is 11.3 Å². The Bertz CT molecular complexity index is 469. The maximum atomic E-state index is 10.9. The first kappa shape index (κ1) is 14.4. The normalized spacial score (nSPS) is 9.83. The number of hydrogen-bond donors (Lipinski definition) is 1. The molecule has 0 bridgehead atoms. The van der Waals surface area contributed by atoms with Crippen LogP contribution in [0, 0.1) is 11.3 Å². The topological polar surface area (TPSA) is 64.3 Å². The van der Waals surface area contributed by atoms with Crippen molar-refractivity contribution in [2.24, 2.45) is 0 Å². The van der Waals surface area contributed by atoms with Gasteiger partial charge in [-0.1, -0.05) is 13.0 Å². The standard InChI is InChI=1S/C13H16N2O2S/c1-3-7-15(9-13(16)17)11-5-4-6-12(18-2)10(11)8-14/h4-6H,3,7,9H2,1-2H3,(H,16,17). The summed E-state index contributed by atoms with van der Waals surface area (Å²) in [5.74, 6) is -0.887. The third-order valence-electron chi connectivity index (χ3n) is 2.50. The molecule has 0 aromatic heterocycles. The number of benzene rings is 1. The lowest BCUT2D eigenvalue weighted by atomic mass is 10.1. The number of thioether (sulfide) groups is 1. The minimum absolute atomic E-state index is 0.0830. The number of rotatable bonds is 6. The van der Waals surface area contributed by atoms with Gasteiger partial charge >= 0.3 is 5.97 Å². The van der Waals surface area contributed by atoms with Gasteiger partial charge in [-0.25, -0.2) is 0 Å². The molecule has 4 nitrogen and oxygen atoms in total. The third-order valence-corrected chi connectivity index (χ3v) is 3.28. The van der Waals surface area contributed by atoms with Crippen molar-refractivity contribution in [3.63, 3.8) is 0 Å². The highest BCUT2D eigenvalue weighted by atomic mass is 32.2. The Labute approximate surface area is 111 Å². The number of hydrogen-bond acceptors (Lipinski definition) is 4. The highest BCUT2D eigenvalue weighted by Gasteiger charge is 2.15. The van der Waals surface area contributed by atoms with Crippen LogP contribution in [0.25, 0.3) is 0 Å². The Kier molecular flexibility index (Phi) is 5.53. The van der Waals surface area contributed by atoms with Crippen LogP contribution in [-0.4, -0.2) is 30.4 Å². The molecule has 1 aromatic rings. The second-order valence-electron chi connectivity index (χ2n) is 3.78. The zero-order valence-corrected chi connectivity index (χ0v) is 11.3. The number of carboxylic acids is 1. The molecule has 0 saturated heterocycles. The molecule has 0 aliphatic heterocycles. The lowest BCUT2D eigenvalue weighted by molar-refractivity contribution is -0.135. The molecule has 96 valence electrons. The predicted molar refractivity (Wildman–Crippen MR) is 73.1 cm³/mol. The summed E-state index contributed by atoms with van der Waals surface area (Å²) in [5.41, 5.74) is 1.26. The van der Waals surface area contributed by atoms with Crippen molar-refractivity contribution >= 4 is 23.4 Å². The number of carboxylic acid groups (broad SMARTS) is 1. The predicted octanol–water partition coefficient (Wildman–Crippen LogP) is 2.58.